The average molecular weight is 371 g/mol. The molecule has 0 fully saturated rings. The minimum atomic E-state index is -1.16. The first-order valence-electron chi connectivity index (χ1n) is 5.42. The van der Waals surface area contributed by atoms with E-state index in [4.69, 9.17) is 4.74 Å². The predicted octanol–water partition coefficient (Wildman–Crippen LogP) is 4.86. The van der Waals surface area contributed by atoms with E-state index in [2.05, 4.69) is 31.9 Å². The van der Waals surface area contributed by atoms with Crippen LogP contribution >= 0.6 is 31.9 Å². The summed E-state index contributed by atoms with van der Waals surface area (Å²) in [5, 5.41) is 11.8. The van der Waals surface area contributed by atoms with Gasteiger partial charge in [0.15, 0.2) is 0 Å². The van der Waals surface area contributed by atoms with Crippen LogP contribution in [0.1, 0.15) is 17.4 Å². The third-order valence-corrected chi connectivity index (χ3v) is 3.45. The summed E-state index contributed by atoms with van der Waals surface area (Å²) in [6.07, 6.45) is -1.16. The minimum Gasteiger partial charge on any atom is -0.341 e. The molecule has 0 aliphatic heterocycles. The molecule has 2 nitrogen and oxygen atoms in total. The lowest BCUT2D eigenvalue weighted by Gasteiger charge is -2.10. The van der Waals surface area contributed by atoms with Gasteiger partial charge in [-0.2, -0.15) is 5.11 Å². The van der Waals surface area contributed by atoms with Crippen molar-refractivity contribution in [2.75, 3.05) is 0 Å². The van der Waals surface area contributed by atoms with Gasteiger partial charge in [-0.15, -0.1) is 0 Å². The monoisotopic (exact) mass is 369 g/mol. The third-order valence-electron chi connectivity index (χ3n) is 2.43. The van der Waals surface area contributed by atoms with Crippen LogP contribution in [0.2, 0.25) is 0 Å². The molecular formula is C14H11Br2O2. The lowest BCUT2D eigenvalue weighted by Crippen LogP contribution is -2.01. The maximum atomic E-state index is 11.8. The Morgan fingerprint density at radius 3 is 2.39 bits per heavy atom. The van der Waals surface area contributed by atoms with Gasteiger partial charge in [0, 0.05) is 14.5 Å². The van der Waals surface area contributed by atoms with Gasteiger partial charge in [0.2, 0.25) is 6.29 Å². The molecular weight excluding hydrogens is 360 g/mol. The number of halogens is 2. The van der Waals surface area contributed by atoms with Gasteiger partial charge in [-0.25, -0.2) is 0 Å². The van der Waals surface area contributed by atoms with Crippen molar-refractivity contribution in [3.8, 4) is 0 Å². The fourth-order valence-electron chi connectivity index (χ4n) is 1.51. The van der Waals surface area contributed by atoms with Crippen molar-refractivity contribution in [1.82, 2.24) is 0 Å². The van der Waals surface area contributed by atoms with Crippen LogP contribution in [-0.2, 0) is 16.5 Å². The number of ether oxygens (including phenoxy) is 1. The van der Waals surface area contributed by atoms with Crippen LogP contribution in [0.15, 0.2) is 57.5 Å². The fraction of sp³-hybridized carbons (Fsp3) is 0.143. The van der Waals surface area contributed by atoms with E-state index in [1.807, 2.05) is 36.4 Å². The molecule has 0 spiro atoms. The summed E-state index contributed by atoms with van der Waals surface area (Å²) < 4.78 is 7.25. The molecule has 2 aromatic carbocycles. The van der Waals surface area contributed by atoms with E-state index < -0.39 is 6.29 Å². The number of hydrogen-bond donors (Lipinski definition) is 0. The zero-order valence-electron chi connectivity index (χ0n) is 9.48. The smallest absolute Gasteiger partial charge is 0.217 e. The van der Waals surface area contributed by atoms with E-state index in [1.54, 1.807) is 12.1 Å². The summed E-state index contributed by atoms with van der Waals surface area (Å²) in [6, 6.07) is 14.9. The van der Waals surface area contributed by atoms with E-state index in [-0.39, 0.29) is 0 Å². The number of rotatable bonds is 4. The highest BCUT2D eigenvalue weighted by Crippen LogP contribution is 2.20. The fourth-order valence-corrected chi connectivity index (χ4v) is 2.23. The Kier molecular flexibility index (Phi) is 4.95. The van der Waals surface area contributed by atoms with E-state index >= 15 is 0 Å². The van der Waals surface area contributed by atoms with Crippen molar-refractivity contribution in [2.24, 2.45) is 0 Å². The molecule has 0 saturated heterocycles. The molecule has 0 aromatic heterocycles. The van der Waals surface area contributed by atoms with E-state index in [0.29, 0.717) is 12.2 Å². The molecule has 1 atom stereocenters. The first-order chi connectivity index (χ1) is 8.65. The summed E-state index contributed by atoms with van der Waals surface area (Å²) in [6.45, 7) is 0.309. The molecule has 0 aliphatic carbocycles. The van der Waals surface area contributed by atoms with Crippen molar-refractivity contribution >= 4 is 31.9 Å². The molecule has 0 heterocycles. The molecule has 0 N–H and O–H groups in total. The van der Waals surface area contributed by atoms with Crippen LogP contribution in [0.4, 0.5) is 0 Å². The van der Waals surface area contributed by atoms with Gasteiger partial charge in [0.1, 0.15) is 0 Å². The molecule has 2 rings (SSSR count). The normalized spacial score (nSPS) is 12.4. The summed E-state index contributed by atoms with van der Waals surface area (Å²) in [4.78, 5) is 0. The second-order valence-electron chi connectivity index (χ2n) is 3.82. The van der Waals surface area contributed by atoms with Crippen LogP contribution in [0.3, 0.4) is 0 Å². The maximum Gasteiger partial charge on any atom is 0.217 e. The Balaban J connectivity index is 1.96. The lowest BCUT2D eigenvalue weighted by atomic mass is 10.2. The van der Waals surface area contributed by atoms with E-state index in [0.717, 1.165) is 14.5 Å². The highest BCUT2D eigenvalue weighted by molar-refractivity contribution is 9.10. The lowest BCUT2D eigenvalue weighted by molar-refractivity contribution is -0.152. The molecule has 18 heavy (non-hydrogen) atoms. The summed E-state index contributed by atoms with van der Waals surface area (Å²) >= 11 is 6.71. The predicted molar refractivity (Wildman–Crippen MR) is 76.5 cm³/mol. The van der Waals surface area contributed by atoms with Gasteiger partial charge in [-0.3, -0.25) is 0 Å². The van der Waals surface area contributed by atoms with E-state index in [9.17, 15) is 5.11 Å². The Morgan fingerprint density at radius 1 is 1.00 bits per heavy atom. The molecule has 0 amide bonds. The molecule has 0 aliphatic rings. The SMILES string of the molecule is [O]C(OCc1cccc(Br)c1)c1ccc(Br)cc1. The van der Waals surface area contributed by atoms with Crippen molar-refractivity contribution < 1.29 is 9.84 Å². The molecule has 0 saturated carbocycles. The van der Waals surface area contributed by atoms with Gasteiger partial charge in [0.05, 0.1) is 6.61 Å². The standard InChI is InChI=1S/C14H11Br2O2/c15-12-6-4-11(5-7-12)14(17)18-9-10-2-1-3-13(16)8-10/h1-8,14H,9H2. The average Bonchev–Trinajstić information content (AvgIpc) is 2.37. The number of benzene rings is 2. The van der Waals surface area contributed by atoms with Gasteiger partial charge >= 0.3 is 0 Å². The molecule has 2 aromatic rings. The molecule has 1 radical (unpaired) electrons. The van der Waals surface area contributed by atoms with Crippen LogP contribution < -0.4 is 0 Å². The Labute approximate surface area is 123 Å². The largest absolute Gasteiger partial charge is 0.341 e. The van der Waals surface area contributed by atoms with Crippen LogP contribution in [-0.4, -0.2) is 0 Å². The summed E-state index contributed by atoms with van der Waals surface area (Å²) in [7, 11) is 0. The molecule has 4 heteroatoms. The van der Waals surface area contributed by atoms with Crippen molar-refractivity contribution in [2.45, 2.75) is 12.9 Å². The Bertz CT molecular complexity index is 511. The molecule has 93 valence electrons. The second kappa shape index (κ2) is 6.48. The van der Waals surface area contributed by atoms with Crippen molar-refractivity contribution in [3.05, 3.63) is 68.6 Å². The highest BCUT2D eigenvalue weighted by Gasteiger charge is 2.09. The van der Waals surface area contributed by atoms with Crippen LogP contribution in [0, 0.1) is 0 Å². The van der Waals surface area contributed by atoms with Gasteiger partial charge in [-0.1, -0.05) is 56.1 Å². The maximum absolute atomic E-state index is 11.8. The van der Waals surface area contributed by atoms with E-state index in [1.165, 1.54) is 0 Å². The topological polar surface area (TPSA) is 29.1 Å². The van der Waals surface area contributed by atoms with Crippen LogP contribution in [0.25, 0.3) is 0 Å². The zero-order chi connectivity index (χ0) is 13.0. The molecule has 0 bridgehead atoms. The first-order valence-corrected chi connectivity index (χ1v) is 7.01. The Morgan fingerprint density at radius 2 is 1.72 bits per heavy atom. The zero-order valence-corrected chi connectivity index (χ0v) is 12.6. The Hall–Kier alpha value is -0.680. The molecule has 1 unspecified atom stereocenters. The van der Waals surface area contributed by atoms with Crippen LogP contribution in [0.5, 0.6) is 0 Å². The summed E-state index contributed by atoms with van der Waals surface area (Å²) in [5.74, 6) is 0. The highest BCUT2D eigenvalue weighted by atomic mass is 79.9. The third kappa shape index (κ3) is 3.92. The summed E-state index contributed by atoms with van der Waals surface area (Å²) in [5.41, 5.74) is 1.61. The quantitative estimate of drug-likeness (QED) is 0.706. The van der Waals surface area contributed by atoms with Gasteiger partial charge in [-0.05, 0) is 29.8 Å². The van der Waals surface area contributed by atoms with Gasteiger partial charge < -0.3 is 4.74 Å². The number of hydrogen-bond acceptors (Lipinski definition) is 1. The van der Waals surface area contributed by atoms with Crippen molar-refractivity contribution in [1.29, 1.82) is 0 Å². The van der Waals surface area contributed by atoms with Crippen molar-refractivity contribution in [3.63, 3.8) is 0 Å². The first kappa shape index (κ1) is 13.7. The minimum absolute atomic E-state index is 0.309. The second-order valence-corrected chi connectivity index (χ2v) is 5.66. The van der Waals surface area contributed by atoms with Gasteiger partial charge in [0.25, 0.3) is 0 Å².